The van der Waals surface area contributed by atoms with E-state index in [1.165, 1.54) is 0 Å². The van der Waals surface area contributed by atoms with Gasteiger partial charge in [-0.05, 0) is 50.5 Å². The number of hydrogen-bond donors (Lipinski definition) is 1. The van der Waals surface area contributed by atoms with Gasteiger partial charge in [-0.1, -0.05) is 13.0 Å². The molecule has 1 aromatic carbocycles. The lowest BCUT2D eigenvalue weighted by Crippen LogP contribution is -2.48. The molecule has 0 aliphatic heterocycles. The molecule has 1 atom stereocenters. The van der Waals surface area contributed by atoms with Crippen molar-refractivity contribution in [2.75, 3.05) is 19.0 Å². The van der Waals surface area contributed by atoms with E-state index in [-0.39, 0.29) is 30.6 Å². The Morgan fingerprint density at radius 3 is 2.63 bits per heavy atom. The molecule has 0 spiro atoms. The van der Waals surface area contributed by atoms with Gasteiger partial charge >= 0.3 is 6.03 Å². The normalized spacial score (nSPS) is 14.1. The van der Waals surface area contributed by atoms with Crippen molar-refractivity contribution in [1.82, 2.24) is 14.4 Å². The second-order valence-electron chi connectivity index (χ2n) is 7.91. The minimum Gasteiger partial charge on any atom is -0.497 e. The molecule has 1 N–H and O–H groups in total. The van der Waals surface area contributed by atoms with Crippen molar-refractivity contribution in [3.63, 3.8) is 0 Å². The number of anilines is 1. The number of carbonyl (C=O) groups is 2. The monoisotopic (exact) mass is 412 g/mol. The summed E-state index contributed by atoms with van der Waals surface area (Å²) in [5.74, 6) is 0.654. The van der Waals surface area contributed by atoms with E-state index in [0.717, 1.165) is 25.0 Å². The third-order valence-electron chi connectivity index (χ3n) is 5.70. The number of methoxy groups -OCH3 is 1. The molecule has 3 amide bonds. The molecule has 1 aliphatic carbocycles. The van der Waals surface area contributed by atoms with Gasteiger partial charge in [0.05, 0.1) is 13.7 Å². The first kappa shape index (κ1) is 21.7. The van der Waals surface area contributed by atoms with E-state index in [0.29, 0.717) is 18.0 Å². The molecular formula is C23H32N4O3. The summed E-state index contributed by atoms with van der Waals surface area (Å²) in [6.07, 6.45) is 4.79. The second kappa shape index (κ2) is 9.69. The van der Waals surface area contributed by atoms with Crippen LogP contribution in [-0.4, -0.2) is 52.0 Å². The Balaban J connectivity index is 1.71. The maximum Gasteiger partial charge on any atom is 0.322 e. The Morgan fingerprint density at radius 2 is 2.03 bits per heavy atom. The molecule has 1 aliphatic rings. The van der Waals surface area contributed by atoms with Crippen LogP contribution in [0.4, 0.5) is 10.5 Å². The van der Waals surface area contributed by atoms with Crippen LogP contribution in [0.5, 0.6) is 5.75 Å². The lowest BCUT2D eigenvalue weighted by molar-refractivity contribution is -0.133. The summed E-state index contributed by atoms with van der Waals surface area (Å²) in [5, 5.41) is 2.91. The van der Waals surface area contributed by atoms with E-state index in [1.54, 1.807) is 18.1 Å². The molecule has 162 valence electrons. The van der Waals surface area contributed by atoms with Gasteiger partial charge in [-0.15, -0.1) is 0 Å². The Labute approximate surface area is 178 Å². The second-order valence-corrected chi connectivity index (χ2v) is 7.91. The van der Waals surface area contributed by atoms with Gasteiger partial charge in [0.2, 0.25) is 5.91 Å². The molecule has 7 nitrogen and oxygen atoms in total. The van der Waals surface area contributed by atoms with E-state index in [9.17, 15) is 9.59 Å². The Morgan fingerprint density at radius 1 is 1.27 bits per heavy atom. The lowest BCUT2D eigenvalue weighted by atomic mass is 10.2. The van der Waals surface area contributed by atoms with Crippen LogP contribution in [0.2, 0.25) is 0 Å². The van der Waals surface area contributed by atoms with Gasteiger partial charge in [-0.2, -0.15) is 0 Å². The predicted octanol–water partition coefficient (Wildman–Crippen LogP) is 3.86. The SMILES string of the molecule is CC[C@@H](C)N(CC(=O)N(Cc1cccn1C)C1CC1)C(=O)Nc1cccc(OC)c1. The first-order valence-corrected chi connectivity index (χ1v) is 10.5. The maximum atomic E-state index is 13.2. The molecule has 0 radical (unpaired) electrons. The number of ether oxygens (including phenoxy) is 1. The van der Waals surface area contributed by atoms with Gasteiger partial charge in [0.15, 0.2) is 0 Å². The number of rotatable bonds is 9. The van der Waals surface area contributed by atoms with Gasteiger partial charge in [0.1, 0.15) is 12.3 Å². The molecule has 0 unspecified atom stereocenters. The predicted molar refractivity (Wildman–Crippen MR) is 117 cm³/mol. The topological polar surface area (TPSA) is 66.8 Å². The number of benzene rings is 1. The zero-order chi connectivity index (χ0) is 21.7. The molecule has 2 aromatic rings. The highest BCUT2D eigenvalue weighted by atomic mass is 16.5. The summed E-state index contributed by atoms with van der Waals surface area (Å²) in [6, 6.07) is 11.2. The molecule has 0 saturated heterocycles. The zero-order valence-corrected chi connectivity index (χ0v) is 18.3. The van der Waals surface area contributed by atoms with Crippen molar-refractivity contribution >= 4 is 17.6 Å². The van der Waals surface area contributed by atoms with E-state index in [4.69, 9.17) is 4.74 Å². The van der Waals surface area contributed by atoms with Gasteiger partial charge in [-0.3, -0.25) is 4.79 Å². The molecular weight excluding hydrogens is 380 g/mol. The quantitative estimate of drug-likeness (QED) is 0.680. The Kier molecular flexibility index (Phi) is 7.03. The number of nitrogens with zero attached hydrogens (tertiary/aromatic N) is 3. The molecule has 3 rings (SSSR count). The smallest absolute Gasteiger partial charge is 0.322 e. The van der Waals surface area contributed by atoms with Crippen LogP contribution < -0.4 is 10.1 Å². The molecule has 0 bridgehead atoms. The number of nitrogens with one attached hydrogen (secondary N) is 1. The van der Waals surface area contributed by atoms with Crippen LogP contribution in [0.25, 0.3) is 0 Å². The fourth-order valence-electron chi connectivity index (χ4n) is 3.42. The number of aromatic nitrogens is 1. The Bertz CT molecular complexity index is 875. The van der Waals surface area contributed by atoms with E-state index >= 15 is 0 Å². The molecule has 1 heterocycles. The van der Waals surface area contributed by atoms with E-state index < -0.39 is 0 Å². The van der Waals surface area contributed by atoms with Crippen molar-refractivity contribution in [3.8, 4) is 5.75 Å². The number of urea groups is 1. The first-order valence-electron chi connectivity index (χ1n) is 10.5. The fraction of sp³-hybridized carbons (Fsp3) is 0.478. The molecule has 7 heteroatoms. The van der Waals surface area contributed by atoms with Crippen LogP contribution in [0.15, 0.2) is 42.6 Å². The van der Waals surface area contributed by atoms with Crippen molar-refractivity contribution in [2.24, 2.45) is 7.05 Å². The highest BCUT2D eigenvalue weighted by Gasteiger charge is 2.34. The van der Waals surface area contributed by atoms with Crippen molar-refractivity contribution in [3.05, 3.63) is 48.3 Å². The summed E-state index contributed by atoms with van der Waals surface area (Å²) >= 11 is 0. The van der Waals surface area contributed by atoms with Gasteiger partial charge < -0.3 is 24.4 Å². The van der Waals surface area contributed by atoms with Crippen LogP contribution >= 0.6 is 0 Å². The highest BCUT2D eigenvalue weighted by molar-refractivity contribution is 5.92. The Hall–Kier alpha value is -2.96. The molecule has 1 aromatic heterocycles. The summed E-state index contributed by atoms with van der Waals surface area (Å²) in [5.41, 5.74) is 1.73. The fourth-order valence-corrected chi connectivity index (χ4v) is 3.42. The third kappa shape index (κ3) is 5.34. The van der Waals surface area contributed by atoms with Crippen LogP contribution in [-0.2, 0) is 18.4 Å². The number of hydrogen-bond acceptors (Lipinski definition) is 3. The zero-order valence-electron chi connectivity index (χ0n) is 18.3. The minimum atomic E-state index is -0.277. The maximum absolute atomic E-state index is 13.2. The van der Waals surface area contributed by atoms with Crippen molar-refractivity contribution in [2.45, 2.75) is 51.7 Å². The number of amides is 3. The summed E-state index contributed by atoms with van der Waals surface area (Å²) in [4.78, 5) is 29.8. The average Bonchev–Trinajstić information content (AvgIpc) is 3.51. The van der Waals surface area contributed by atoms with Gasteiger partial charge in [0.25, 0.3) is 0 Å². The minimum absolute atomic E-state index is 0.0141. The van der Waals surface area contributed by atoms with E-state index in [1.807, 2.05) is 66.9 Å². The standard InChI is InChI=1S/C23H32N4O3/c1-5-17(2)26(23(29)24-18-8-6-10-21(14-18)30-4)16-22(28)27(19-11-12-19)15-20-9-7-13-25(20)3/h6-10,13-14,17,19H,5,11-12,15-16H2,1-4H3,(H,24,29)/t17-/m1/s1. The molecule has 1 saturated carbocycles. The van der Waals surface area contributed by atoms with Crippen molar-refractivity contribution in [1.29, 1.82) is 0 Å². The lowest BCUT2D eigenvalue weighted by Gasteiger charge is -2.31. The third-order valence-corrected chi connectivity index (χ3v) is 5.70. The van der Waals surface area contributed by atoms with Crippen LogP contribution in [0.1, 0.15) is 38.8 Å². The first-order chi connectivity index (χ1) is 14.4. The summed E-state index contributed by atoms with van der Waals surface area (Å²) in [6.45, 7) is 4.62. The average molecular weight is 413 g/mol. The van der Waals surface area contributed by atoms with Crippen molar-refractivity contribution < 1.29 is 14.3 Å². The highest BCUT2D eigenvalue weighted by Crippen LogP contribution is 2.29. The number of carbonyl (C=O) groups excluding carboxylic acids is 2. The molecule has 1 fully saturated rings. The van der Waals surface area contributed by atoms with Crippen LogP contribution in [0.3, 0.4) is 0 Å². The van der Waals surface area contributed by atoms with Gasteiger partial charge in [-0.25, -0.2) is 4.79 Å². The number of aryl methyl sites for hydroxylation is 1. The summed E-state index contributed by atoms with van der Waals surface area (Å²) < 4.78 is 7.26. The van der Waals surface area contributed by atoms with E-state index in [2.05, 4.69) is 5.32 Å². The van der Waals surface area contributed by atoms with Gasteiger partial charge in [0, 0.05) is 42.8 Å². The summed E-state index contributed by atoms with van der Waals surface area (Å²) in [7, 11) is 3.57. The molecule has 30 heavy (non-hydrogen) atoms. The van der Waals surface area contributed by atoms with Crippen LogP contribution in [0, 0.1) is 0 Å². The largest absolute Gasteiger partial charge is 0.497 e.